The first-order chi connectivity index (χ1) is 12.5. The van der Waals surface area contributed by atoms with Gasteiger partial charge in [0.05, 0.1) is 11.6 Å². The SMILES string of the molecule is CN[C@@H](CC(C)C)C(=O)NC(C)(C)CN(CC=C(C)C)c1ccc(C)cc1. The van der Waals surface area contributed by atoms with Crippen molar-refractivity contribution >= 4 is 11.6 Å². The van der Waals surface area contributed by atoms with Crippen molar-refractivity contribution in [3.05, 3.63) is 41.5 Å². The van der Waals surface area contributed by atoms with Crippen LogP contribution in [0.15, 0.2) is 35.9 Å². The average Bonchev–Trinajstić information content (AvgIpc) is 2.56. The molecule has 0 fully saturated rings. The maximum absolute atomic E-state index is 12.8. The van der Waals surface area contributed by atoms with Crippen molar-refractivity contribution < 1.29 is 4.79 Å². The molecule has 4 heteroatoms. The van der Waals surface area contributed by atoms with Gasteiger partial charge in [0, 0.05) is 18.8 Å². The first-order valence-corrected chi connectivity index (χ1v) is 9.98. The molecule has 2 N–H and O–H groups in total. The van der Waals surface area contributed by atoms with Crippen molar-refractivity contribution in [3.63, 3.8) is 0 Å². The van der Waals surface area contributed by atoms with E-state index < -0.39 is 0 Å². The van der Waals surface area contributed by atoms with Crippen LogP contribution in [0.4, 0.5) is 5.69 Å². The summed E-state index contributed by atoms with van der Waals surface area (Å²) in [6.45, 7) is 16.4. The van der Waals surface area contributed by atoms with E-state index in [9.17, 15) is 4.79 Å². The lowest BCUT2D eigenvalue weighted by molar-refractivity contribution is -0.124. The minimum Gasteiger partial charge on any atom is -0.365 e. The molecule has 0 bridgehead atoms. The van der Waals surface area contributed by atoms with E-state index in [0.717, 1.165) is 19.5 Å². The molecule has 0 spiro atoms. The van der Waals surface area contributed by atoms with Crippen LogP contribution in [0.1, 0.15) is 53.5 Å². The summed E-state index contributed by atoms with van der Waals surface area (Å²) in [5.74, 6) is 0.542. The van der Waals surface area contributed by atoms with E-state index >= 15 is 0 Å². The Hall–Kier alpha value is -1.81. The van der Waals surface area contributed by atoms with Crippen molar-refractivity contribution in [3.8, 4) is 0 Å². The number of likely N-dealkylation sites (N-methyl/N-ethyl adjacent to an activating group) is 1. The maximum atomic E-state index is 12.8. The summed E-state index contributed by atoms with van der Waals surface area (Å²) < 4.78 is 0. The van der Waals surface area contributed by atoms with Gasteiger partial charge in [-0.15, -0.1) is 0 Å². The Morgan fingerprint density at radius 1 is 1.19 bits per heavy atom. The predicted octanol–water partition coefficient (Wildman–Crippen LogP) is 4.30. The Kier molecular flexibility index (Phi) is 9.04. The van der Waals surface area contributed by atoms with E-state index in [4.69, 9.17) is 0 Å². The molecule has 1 rings (SSSR count). The van der Waals surface area contributed by atoms with Gasteiger partial charge in [-0.05, 0) is 66.1 Å². The van der Waals surface area contributed by atoms with Gasteiger partial charge in [0.2, 0.25) is 5.91 Å². The summed E-state index contributed by atoms with van der Waals surface area (Å²) in [6.07, 6.45) is 3.06. The highest BCUT2D eigenvalue weighted by atomic mass is 16.2. The van der Waals surface area contributed by atoms with Crippen LogP contribution in [-0.4, -0.2) is 37.6 Å². The second kappa shape index (κ2) is 10.5. The predicted molar refractivity (Wildman–Crippen MR) is 117 cm³/mol. The standard InChI is InChI=1S/C23H39N3O/c1-17(2)13-14-26(20-11-9-19(5)10-12-20)16-23(6,7)25-22(27)21(24-8)15-18(3)4/h9-13,18,21,24H,14-16H2,1-8H3,(H,25,27)/t21-/m0/s1. The van der Waals surface area contributed by atoms with Gasteiger partial charge in [-0.1, -0.05) is 43.2 Å². The van der Waals surface area contributed by atoms with E-state index in [1.165, 1.54) is 16.8 Å². The third kappa shape index (κ3) is 8.61. The van der Waals surface area contributed by atoms with Gasteiger partial charge in [0.1, 0.15) is 0 Å². The van der Waals surface area contributed by atoms with E-state index in [1.54, 1.807) is 0 Å². The lowest BCUT2D eigenvalue weighted by atomic mass is 9.99. The van der Waals surface area contributed by atoms with Crippen molar-refractivity contribution in [2.24, 2.45) is 5.92 Å². The molecule has 0 aliphatic heterocycles. The minimum atomic E-state index is -0.344. The number of amides is 1. The topological polar surface area (TPSA) is 44.4 Å². The quantitative estimate of drug-likeness (QED) is 0.601. The average molecular weight is 374 g/mol. The fraction of sp³-hybridized carbons (Fsp3) is 0.609. The molecule has 0 aliphatic carbocycles. The highest BCUT2D eigenvalue weighted by Crippen LogP contribution is 2.19. The maximum Gasteiger partial charge on any atom is 0.237 e. The molecule has 27 heavy (non-hydrogen) atoms. The van der Waals surface area contributed by atoms with Crippen LogP contribution in [0.2, 0.25) is 0 Å². The van der Waals surface area contributed by atoms with E-state index in [2.05, 4.69) is 94.3 Å². The van der Waals surface area contributed by atoms with E-state index in [-0.39, 0.29) is 17.5 Å². The van der Waals surface area contributed by atoms with Crippen LogP contribution in [0.5, 0.6) is 0 Å². The Morgan fingerprint density at radius 3 is 2.26 bits per heavy atom. The van der Waals surface area contributed by atoms with Crippen LogP contribution in [0, 0.1) is 12.8 Å². The van der Waals surface area contributed by atoms with Crippen molar-refractivity contribution in [2.75, 3.05) is 25.0 Å². The zero-order valence-corrected chi connectivity index (χ0v) is 18.5. The number of carbonyl (C=O) groups is 1. The first-order valence-electron chi connectivity index (χ1n) is 9.98. The summed E-state index contributed by atoms with van der Waals surface area (Å²) in [5, 5.41) is 6.40. The van der Waals surface area contributed by atoms with Crippen LogP contribution in [0.25, 0.3) is 0 Å². The number of nitrogens with one attached hydrogen (secondary N) is 2. The Balaban J connectivity index is 2.92. The molecule has 0 unspecified atom stereocenters. The number of aryl methyl sites for hydroxylation is 1. The number of benzene rings is 1. The summed E-state index contributed by atoms with van der Waals surface area (Å²) in [5.41, 5.74) is 3.37. The molecule has 0 aromatic heterocycles. The Bertz CT molecular complexity index is 613. The number of rotatable bonds is 10. The van der Waals surface area contributed by atoms with Gasteiger partial charge in [-0.25, -0.2) is 0 Å². The molecule has 1 amide bonds. The van der Waals surface area contributed by atoms with Gasteiger partial charge in [-0.2, -0.15) is 0 Å². The second-order valence-corrected chi connectivity index (χ2v) is 8.84. The zero-order chi connectivity index (χ0) is 20.6. The minimum absolute atomic E-state index is 0.0715. The lowest BCUT2D eigenvalue weighted by Gasteiger charge is -2.35. The second-order valence-electron chi connectivity index (χ2n) is 8.84. The molecule has 0 heterocycles. The summed E-state index contributed by atoms with van der Waals surface area (Å²) in [4.78, 5) is 15.1. The molecule has 1 atom stereocenters. The summed E-state index contributed by atoms with van der Waals surface area (Å²) in [7, 11) is 1.85. The number of hydrogen-bond acceptors (Lipinski definition) is 3. The molecular formula is C23H39N3O. The lowest BCUT2D eigenvalue weighted by Crippen LogP contribution is -2.56. The molecule has 0 radical (unpaired) electrons. The molecule has 152 valence electrons. The highest BCUT2D eigenvalue weighted by molar-refractivity contribution is 5.82. The van der Waals surface area contributed by atoms with Crippen molar-refractivity contribution in [1.29, 1.82) is 0 Å². The summed E-state index contributed by atoms with van der Waals surface area (Å²) in [6, 6.07) is 8.42. The molecule has 1 aromatic carbocycles. The number of anilines is 1. The molecule has 0 saturated carbocycles. The molecule has 1 aromatic rings. The van der Waals surface area contributed by atoms with Crippen molar-refractivity contribution in [1.82, 2.24) is 10.6 Å². The van der Waals surface area contributed by atoms with Gasteiger partial charge in [0.25, 0.3) is 0 Å². The van der Waals surface area contributed by atoms with Gasteiger partial charge < -0.3 is 15.5 Å². The zero-order valence-electron chi connectivity index (χ0n) is 18.5. The van der Waals surface area contributed by atoms with Crippen LogP contribution >= 0.6 is 0 Å². The third-order valence-corrected chi connectivity index (χ3v) is 4.54. The molecule has 4 nitrogen and oxygen atoms in total. The number of allylic oxidation sites excluding steroid dienone is 1. The van der Waals surface area contributed by atoms with Crippen molar-refractivity contribution in [2.45, 2.75) is 66.5 Å². The fourth-order valence-corrected chi connectivity index (χ4v) is 3.07. The van der Waals surface area contributed by atoms with Gasteiger partial charge in [-0.3, -0.25) is 4.79 Å². The monoisotopic (exact) mass is 373 g/mol. The molecular weight excluding hydrogens is 334 g/mol. The fourth-order valence-electron chi connectivity index (χ4n) is 3.07. The van der Waals surface area contributed by atoms with E-state index in [0.29, 0.717) is 5.92 Å². The largest absolute Gasteiger partial charge is 0.365 e. The number of hydrogen-bond donors (Lipinski definition) is 2. The smallest absolute Gasteiger partial charge is 0.237 e. The normalized spacial score (nSPS) is 12.6. The molecule has 0 aliphatic rings. The van der Waals surface area contributed by atoms with Crippen LogP contribution in [0.3, 0.4) is 0 Å². The number of carbonyl (C=O) groups excluding carboxylic acids is 1. The summed E-state index contributed by atoms with van der Waals surface area (Å²) >= 11 is 0. The van der Waals surface area contributed by atoms with E-state index in [1.807, 2.05) is 7.05 Å². The first kappa shape index (κ1) is 23.2. The highest BCUT2D eigenvalue weighted by Gasteiger charge is 2.27. The Labute approximate surface area is 166 Å². The third-order valence-electron chi connectivity index (χ3n) is 4.54. The molecule has 0 saturated heterocycles. The van der Waals surface area contributed by atoms with Crippen LogP contribution < -0.4 is 15.5 Å². The Morgan fingerprint density at radius 2 is 1.78 bits per heavy atom. The number of nitrogens with zero attached hydrogens (tertiary/aromatic N) is 1. The van der Waals surface area contributed by atoms with Gasteiger partial charge in [0.15, 0.2) is 0 Å². The van der Waals surface area contributed by atoms with Crippen LogP contribution in [-0.2, 0) is 4.79 Å². The van der Waals surface area contributed by atoms with Gasteiger partial charge >= 0.3 is 0 Å².